The van der Waals surface area contributed by atoms with E-state index < -0.39 is 18.6 Å². The fourth-order valence-electron chi connectivity index (χ4n) is 0.962. The molecule has 0 aliphatic carbocycles. The van der Waals surface area contributed by atoms with Crippen LogP contribution >= 0.6 is 0 Å². The van der Waals surface area contributed by atoms with Crippen molar-refractivity contribution < 1.29 is 22.7 Å². The second kappa shape index (κ2) is 5.46. The lowest BCUT2D eigenvalue weighted by atomic mass is 10.3. The van der Waals surface area contributed by atoms with Gasteiger partial charge in [-0.1, -0.05) is 0 Å². The molecule has 1 aromatic rings. The molecule has 0 aliphatic rings. The Morgan fingerprint density at radius 1 is 1.47 bits per heavy atom. The highest BCUT2D eigenvalue weighted by Gasteiger charge is 2.28. The number of rotatable bonds is 4. The molecule has 1 N–H and O–H groups in total. The molecular formula is C9H10F3N3O2. The molecule has 1 heterocycles. The van der Waals surface area contributed by atoms with Crippen molar-refractivity contribution in [3.8, 4) is 5.88 Å². The van der Waals surface area contributed by atoms with E-state index in [1.165, 1.54) is 6.07 Å². The molecule has 0 atom stereocenters. The van der Waals surface area contributed by atoms with E-state index in [-0.39, 0.29) is 11.6 Å². The van der Waals surface area contributed by atoms with Gasteiger partial charge in [-0.2, -0.15) is 13.2 Å². The number of hydrogen-bond donors (Lipinski definition) is 1. The van der Waals surface area contributed by atoms with Crippen LogP contribution in [0.25, 0.3) is 0 Å². The van der Waals surface area contributed by atoms with Crippen molar-refractivity contribution in [2.24, 2.45) is 0 Å². The second-order valence-electron chi connectivity index (χ2n) is 2.97. The molecule has 5 nitrogen and oxygen atoms in total. The summed E-state index contributed by atoms with van der Waals surface area (Å²) in [4.78, 5) is 18.5. The maximum Gasteiger partial charge on any atom is 0.405 e. The van der Waals surface area contributed by atoms with Gasteiger partial charge in [-0.25, -0.2) is 9.97 Å². The topological polar surface area (TPSA) is 64.1 Å². The van der Waals surface area contributed by atoms with Crippen molar-refractivity contribution in [3.63, 3.8) is 0 Å². The fourth-order valence-corrected chi connectivity index (χ4v) is 0.962. The summed E-state index contributed by atoms with van der Waals surface area (Å²) < 4.78 is 40.6. The first-order chi connectivity index (χ1) is 7.92. The second-order valence-corrected chi connectivity index (χ2v) is 2.97. The highest BCUT2D eigenvalue weighted by atomic mass is 19.4. The third-order valence-electron chi connectivity index (χ3n) is 1.62. The zero-order valence-corrected chi connectivity index (χ0v) is 8.91. The highest BCUT2D eigenvalue weighted by Crippen LogP contribution is 2.13. The van der Waals surface area contributed by atoms with Crippen LogP contribution in [0, 0.1) is 0 Å². The first-order valence-corrected chi connectivity index (χ1v) is 4.72. The number of amides is 1. The molecule has 1 aromatic heterocycles. The Balaban J connectivity index is 2.65. The molecule has 0 bridgehead atoms. The zero-order valence-electron chi connectivity index (χ0n) is 8.91. The Morgan fingerprint density at radius 3 is 2.76 bits per heavy atom. The molecule has 0 aliphatic heterocycles. The Hall–Kier alpha value is -1.86. The molecule has 1 rings (SSSR count). The first kappa shape index (κ1) is 13.2. The summed E-state index contributed by atoms with van der Waals surface area (Å²) >= 11 is 0. The van der Waals surface area contributed by atoms with Gasteiger partial charge in [-0.3, -0.25) is 4.79 Å². The van der Waals surface area contributed by atoms with E-state index in [2.05, 4.69) is 9.97 Å². The third-order valence-corrected chi connectivity index (χ3v) is 1.62. The smallest absolute Gasteiger partial charge is 0.405 e. The first-order valence-electron chi connectivity index (χ1n) is 4.72. The minimum absolute atomic E-state index is 0.139. The molecule has 0 saturated carbocycles. The maximum absolute atomic E-state index is 11.9. The lowest BCUT2D eigenvalue weighted by Crippen LogP contribution is -2.34. The minimum atomic E-state index is -4.45. The number of ether oxygens (including phenoxy) is 1. The van der Waals surface area contributed by atoms with Gasteiger partial charge in [0.2, 0.25) is 5.88 Å². The summed E-state index contributed by atoms with van der Waals surface area (Å²) in [6, 6.07) is 1.18. The van der Waals surface area contributed by atoms with Gasteiger partial charge in [0.25, 0.3) is 5.91 Å². The summed E-state index contributed by atoms with van der Waals surface area (Å²) in [5.74, 6) is -0.787. The predicted molar refractivity (Wildman–Crippen MR) is 51.6 cm³/mol. The third kappa shape index (κ3) is 4.66. The van der Waals surface area contributed by atoms with Crippen molar-refractivity contribution in [2.75, 3.05) is 13.2 Å². The fraction of sp³-hybridized carbons (Fsp3) is 0.444. The average Bonchev–Trinajstić information content (AvgIpc) is 2.26. The van der Waals surface area contributed by atoms with E-state index in [9.17, 15) is 18.0 Å². The van der Waals surface area contributed by atoms with Gasteiger partial charge < -0.3 is 10.1 Å². The number of carbonyl (C=O) groups is 1. The van der Waals surface area contributed by atoms with Gasteiger partial charge >= 0.3 is 6.18 Å². The van der Waals surface area contributed by atoms with Crippen molar-refractivity contribution >= 4 is 5.91 Å². The molecule has 0 fully saturated rings. The Morgan fingerprint density at radius 2 is 2.18 bits per heavy atom. The average molecular weight is 249 g/mol. The zero-order chi connectivity index (χ0) is 12.9. The lowest BCUT2D eigenvalue weighted by Gasteiger charge is -2.08. The number of carbonyl (C=O) groups excluding carboxylic acids is 1. The van der Waals surface area contributed by atoms with Crippen molar-refractivity contribution in [2.45, 2.75) is 13.1 Å². The molecule has 17 heavy (non-hydrogen) atoms. The number of nitrogens with one attached hydrogen (secondary N) is 1. The van der Waals surface area contributed by atoms with Gasteiger partial charge in [0.15, 0.2) is 0 Å². The standard InChI is InChI=1S/C9H10F3N3O2/c1-2-17-7-3-6(14-5-15-7)8(16)13-4-9(10,11)12/h3,5H,2,4H2,1H3,(H,13,16). The van der Waals surface area contributed by atoms with Crippen LogP contribution in [0.15, 0.2) is 12.4 Å². The quantitative estimate of drug-likeness (QED) is 0.869. The van der Waals surface area contributed by atoms with E-state index in [4.69, 9.17) is 4.74 Å². The molecular weight excluding hydrogens is 239 g/mol. The summed E-state index contributed by atoms with van der Waals surface area (Å²) in [6.45, 7) is 0.645. The Kier molecular flexibility index (Phi) is 4.24. The Labute approximate surface area is 95.0 Å². The number of halogens is 3. The van der Waals surface area contributed by atoms with Crippen LogP contribution in [-0.2, 0) is 0 Å². The van der Waals surface area contributed by atoms with Crippen molar-refractivity contribution in [1.29, 1.82) is 0 Å². The molecule has 0 spiro atoms. The van der Waals surface area contributed by atoms with Crippen LogP contribution in [0.4, 0.5) is 13.2 Å². The molecule has 8 heteroatoms. The van der Waals surface area contributed by atoms with E-state index in [1.807, 2.05) is 0 Å². The monoisotopic (exact) mass is 249 g/mol. The summed E-state index contributed by atoms with van der Waals surface area (Å²) in [5.41, 5.74) is -0.173. The van der Waals surface area contributed by atoms with Gasteiger partial charge in [0, 0.05) is 6.07 Å². The van der Waals surface area contributed by atoms with Gasteiger partial charge in [-0.05, 0) is 6.92 Å². The SMILES string of the molecule is CCOc1cc(C(=O)NCC(F)(F)F)ncn1. The molecule has 0 unspecified atom stereocenters. The molecule has 0 saturated heterocycles. The molecule has 0 radical (unpaired) electrons. The highest BCUT2D eigenvalue weighted by molar-refractivity contribution is 5.92. The largest absolute Gasteiger partial charge is 0.478 e. The van der Waals surface area contributed by atoms with E-state index in [1.54, 1.807) is 12.2 Å². The number of alkyl halides is 3. The van der Waals surface area contributed by atoms with Crippen LogP contribution in [-0.4, -0.2) is 35.2 Å². The van der Waals surface area contributed by atoms with Crippen molar-refractivity contribution in [1.82, 2.24) is 15.3 Å². The predicted octanol–water partition coefficient (Wildman–Crippen LogP) is 1.17. The van der Waals surface area contributed by atoms with Crippen molar-refractivity contribution in [3.05, 3.63) is 18.1 Å². The summed E-state index contributed by atoms with van der Waals surface area (Å²) in [6.07, 6.45) is -3.40. The number of nitrogens with zero attached hydrogens (tertiary/aromatic N) is 2. The van der Waals surface area contributed by atoms with Crippen LogP contribution < -0.4 is 10.1 Å². The Bertz CT molecular complexity index is 395. The van der Waals surface area contributed by atoms with Crippen LogP contribution in [0.2, 0.25) is 0 Å². The van der Waals surface area contributed by atoms with Gasteiger partial charge in [-0.15, -0.1) is 0 Å². The normalized spacial score (nSPS) is 11.1. The lowest BCUT2D eigenvalue weighted by molar-refractivity contribution is -0.123. The summed E-state index contributed by atoms with van der Waals surface area (Å²) in [5, 5.41) is 1.70. The summed E-state index contributed by atoms with van der Waals surface area (Å²) in [7, 11) is 0. The number of hydrogen-bond acceptors (Lipinski definition) is 4. The number of aromatic nitrogens is 2. The van der Waals surface area contributed by atoms with Crippen LogP contribution in [0.1, 0.15) is 17.4 Å². The van der Waals surface area contributed by atoms with Crippen LogP contribution in [0.5, 0.6) is 5.88 Å². The molecule has 1 amide bonds. The van der Waals surface area contributed by atoms with Crippen LogP contribution in [0.3, 0.4) is 0 Å². The van der Waals surface area contributed by atoms with E-state index in [0.717, 1.165) is 6.33 Å². The minimum Gasteiger partial charge on any atom is -0.478 e. The van der Waals surface area contributed by atoms with E-state index in [0.29, 0.717) is 6.61 Å². The van der Waals surface area contributed by atoms with E-state index >= 15 is 0 Å². The maximum atomic E-state index is 11.9. The van der Waals surface area contributed by atoms with Gasteiger partial charge in [0.05, 0.1) is 6.61 Å². The van der Waals surface area contributed by atoms with Gasteiger partial charge in [0.1, 0.15) is 18.6 Å². The molecule has 0 aromatic carbocycles. The molecule has 94 valence electrons.